The number of nitrogens with two attached hydrogens (primary N) is 1. The van der Waals surface area contributed by atoms with Gasteiger partial charge in [-0.3, -0.25) is 0 Å². The third kappa shape index (κ3) is 4.00. The van der Waals surface area contributed by atoms with Crippen LogP contribution in [0.25, 0.3) is 0 Å². The highest BCUT2D eigenvalue weighted by Gasteiger charge is 1.99. The van der Waals surface area contributed by atoms with Crippen molar-refractivity contribution in [2.24, 2.45) is 10.7 Å². The van der Waals surface area contributed by atoms with Gasteiger partial charge in [0.25, 0.3) is 0 Å². The van der Waals surface area contributed by atoms with Crippen molar-refractivity contribution in [1.82, 2.24) is 0 Å². The Bertz CT molecular complexity index is 579. The molecule has 0 aromatic heterocycles. The van der Waals surface area contributed by atoms with E-state index in [1.54, 1.807) is 0 Å². The Kier molecular flexibility index (Phi) is 4.42. The standard InChI is InChI=1S/C15H16ClN3/c1-11-7-8-13(9-14(11)16)19-15(17)18-10-12-5-3-2-4-6-12/h2-9H,10H2,1H3,(H3,17,18,19). The summed E-state index contributed by atoms with van der Waals surface area (Å²) in [6.07, 6.45) is 0. The van der Waals surface area contributed by atoms with Gasteiger partial charge >= 0.3 is 0 Å². The van der Waals surface area contributed by atoms with Crippen LogP contribution in [0.3, 0.4) is 0 Å². The van der Waals surface area contributed by atoms with Crippen molar-refractivity contribution in [3.8, 4) is 0 Å². The number of nitrogens with one attached hydrogen (secondary N) is 1. The van der Waals surface area contributed by atoms with E-state index in [2.05, 4.69) is 10.3 Å². The number of anilines is 1. The van der Waals surface area contributed by atoms with Crippen LogP contribution in [0.2, 0.25) is 5.02 Å². The van der Waals surface area contributed by atoms with Gasteiger partial charge in [-0.2, -0.15) is 0 Å². The molecule has 0 amide bonds. The van der Waals surface area contributed by atoms with E-state index >= 15 is 0 Å². The highest BCUT2D eigenvalue weighted by Crippen LogP contribution is 2.19. The molecule has 0 heterocycles. The van der Waals surface area contributed by atoms with E-state index in [4.69, 9.17) is 17.3 Å². The van der Waals surface area contributed by atoms with E-state index in [1.807, 2.05) is 55.5 Å². The molecule has 0 saturated carbocycles. The van der Waals surface area contributed by atoms with Gasteiger partial charge in [0.05, 0.1) is 6.54 Å². The van der Waals surface area contributed by atoms with Gasteiger partial charge in [-0.15, -0.1) is 0 Å². The quantitative estimate of drug-likeness (QED) is 0.663. The number of rotatable bonds is 3. The normalized spacial score (nSPS) is 11.4. The molecule has 3 N–H and O–H groups in total. The average molecular weight is 274 g/mol. The summed E-state index contributed by atoms with van der Waals surface area (Å²) in [6, 6.07) is 15.7. The molecule has 98 valence electrons. The Morgan fingerprint density at radius 3 is 2.63 bits per heavy atom. The first-order valence-electron chi connectivity index (χ1n) is 6.02. The number of nitrogens with zero attached hydrogens (tertiary/aromatic N) is 1. The fraction of sp³-hybridized carbons (Fsp3) is 0.133. The van der Waals surface area contributed by atoms with Crippen molar-refractivity contribution in [3.63, 3.8) is 0 Å². The van der Waals surface area contributed by atoms with Gasteiger partial charge in [0, 0.05) is 10.7 Å². The van der Waals surface area contributed by atoms with Crippen molar-refractivity contribution in [2.45, 2.75) is 13.5 Å². The van der Waals surface area contributed by atoms with E-state index in [-0.39, 0.29) is 0 Å². The highest BCUT2D eigenvalue weighted by atomic mass is 35.5. The van der Waals surface area contributed by atoms with Crippen molar-refractivity contribution < 1.29 is 0 Å². The van der Waals surface area contributed by atoms with E-state index in [0.717, 1.165) is 16.8 Å². The smallest absolute Gasteiger partial charge is 0.193 e. The first kappa shape index (κ1) is 13.4. The van der Waals surface area contributed by atoms with Gasteiger partial charge in [0.2, 0.25) is 0 Å². The van der Waals surface area contributed by atoms with Crippen LogP contribution in [-0.4, -0.2) is 5.96 Å². The largest absolute Gasteiger partial charge is 0.370 e. The Balaban J connectivity index is 2.00. The van der Waals surface area contributed by atoms with E-state index < -0.39 is 0 Å². The Morgan fingerprint density at radius 1 is 1.21 bits per heavy atom. The first-order chi connectivity index (χ1) is 9.15. The van der Waals surface area contributed by atoms with Gasteiger partial charge in [-0.1, -0.05) is 48.0 Å². The fourth-order valence-corrected chi connectivity index (χ4v) is 1.80. The maximum atomic E-state index is 6.05. The molecule has 0 aliphatic heterocycles. The zero-order valence-electron chi connectivity index (χ0n) is 10.7. The van der Waals surface area contributed by atoms with E-state index in [0.29, 0.717) is 17.5 Å². The summed E-state index contributed by atoms with van der Waals surface area (Å²) in [5.74, 6) is 0.378. The van der Waals surface area contributed by atoms with Gasteiger partial charge in [-0.25, -0.2) is 4.99 Å². The number of benzene rings is 2. The molecule has 2 aromatic rings. The lowest BCUT2D eigenvalue weighted by atomic mass is 10.2. The summed E-state index contributed by atoms with van der Waals surface area (Å²) in [7, 11) is 0. The van der Waals surface area contributed by atoms with Crippen LogP contribution >= 0.6 is 11.6 Å². The molecule has 0 bridgehead atoms. The van der Waals surface area contributed by atoms with Crippen LogP contribution in [0.5, 0.6) is 0 Å². The minimum absolute atomic E-state index is 0.378. The molecule has 3 nitrogen and oxygen atoms in total. The van der Waals surface area contributed by atoms with Crippen molar-refractivity contribution >= 4 is 23.2 Å². The molecule has 0 unspecified atom stereocenters. The molecule has 4 heteroatoms. The molecule has 0 radical (unpaired) electrons. The van der Waals surface area contributed by atoms with Crippen molar-refractivity contribution in [1.29, 1.82) is 0 Å². The number of guanidine groups is 1. The predicted molar refractivity (Wildman–Crippen MR) is 81.6 cm³/mol. The first-order valence-corrected chi connectivity index (χ1v) is 6.40. The zero-order chi connectivity index (χ0) is 13.7. The molecular formula is C15H16ClN3. The van der Waals surface area contributed by atoms with Crippen LogP contribution < -0.4 is 11.1 Å². The second-order valence-electron chi connectivity index (χ2n) is 4.28. The molecule has 0 atom stereocenters. The lowest BCUT2D eigenvalue weighted by Gasteiger charge is -2.07. The average Bonchev–Trinajstić information content (AvgIpc) is 2.42. The molecule has 0 spiro atoms. The zero-order valence-corrected chi connectivity index (χ0v) is 11.5. The van der Waals surface area contributed by atoms with Gasteiger partial charge < -0.3 is 11.1 Å². The monoisotopic (exact) mass is 273 g/mol. The SMILES string of the molecule is Cc1ccc(NC(N)=NCc2ccccc2)cc1Cl. The number of aryl methyl sites for hydroxylation is 1. The molecular weight excluding hydrogens is 258 g/mol. The van der Waals surface area contributed by atoms with Crippen LogP contribution in [0.4, 0.5) is 5.69 Å². The number of halogens is 1. The number of hydrogen-bond donors (Lipinski definition) is 2. The fourth-order valence-electron chi connectivity index (χ4n) is 1.62. The molecule has 2 rings (SSSR count). The Labute approximate surface area is 118 Å². The van der Waals surface area contributed by atoms with Crippen molar-refractivity contribution in [2.75, 3.05) is 5.32 Å². The lowest BCUT2D eigenvalue weighted by Crippen LogP contribution is -2.22. The topological polar surface area (TPSA) is 50.4 Å². The highest BCUT2D eigenvalue weighted by molar-refractivity contribution is 6.31. The molecule has 0 fully saturated rings. The van der Waals surface area contributed by atoms with Gasteiger partial charge in [-0.05, 0) is 30.2 Å². The third-order valence-corrected chi connectivity index (χ3v) is 3.13. The molecule has 19 heavy (non-hydrogen) atoms. The summed E-state index contributed by atoms with van der Waals surface area (Å²) in [5, 5.41) is 3.73. The predicted octanol–water partition coefficient (Wildman–Crippen LogP) is 3.58. The maximum absolute atomic E-state index is 6.05. The van der Waals surface area contributed by atoms with E-state index in [1.165, 1.54) is 0 Å². The number of aliphatic imine (C=N–C) groups is 1. The Hall–Kier alpha value is -2.00. The van der Waals surface area contributed by atoms with Crippen LogP contribution in [0.1, 0.15) is 11.1 Å². The maximum Gasteiger partial charge on any atom is 0.193 e. The van der Waals surface area contributed by atoms with E-state index in [9.17, 15) is 0 Å². The minimum atomic E-state index is 0.378. The van der Waals surface area contributed by atoms with Crippen LogP contribution in [0, 0.1) is 6.92 Å². The summed E-state index contributed by atoms with van der Waals surface area (Å²) in [6.45, 7) is 2.51. The third-order valence-electron chi connectivity index (χ3n) is 2.72. The summed E-state index contributed by atoms with van der Waals surface area (Å²) in [5.41, 5.74) is 8.83. The van der Waals surface area contributed by atoms with Crippen molar-refractivity contribution in [3.05, 3.63) is 64.7 Å². The second kappa shape index (κ2) is 6.25. The summed E-state index contributed by atoms with van der Waals surface area (Å²) in [4.78, 5) is 4.28. The summed E-state index contributed by atoms with van der Waals surface area (Å²) < 4.78 is 0. The summed E-state index contributed by atoms with van der Waals surface area (Å²) >= 11 is 6.05. The number of hydrogen-bond acceptors (Lipinski definition) is 1. The minimum Gasteiger partial charge on any atom is -0.370 e. The van der Waals surface area contributed by atoms with Crippen LogP contribution in [0.15, 0.2) is 53.5 Å². The molecule has 0 aliphatic rings. The lowest BCUT2D eigenvalue weighted by molar-refractivity contribution is 1.06. The molecule has 0 aliphatic carbocycles. The Morgan fingerprint density at radius 2 is 1.95 bits per heavy atom. The molecule has 0 saturated heterocycles. The van der Waals surface area contributed by atoms with Crippen LogP contribution in [-0.2, 0) is 6.54 Å². The van der Waals surface area contributed by atoms with Gasteiger partial charge in [0.1, 0.15) is 0 Å². The molecule has 2 aromatic carbocycles. The van der Waals surface area contributed by atoms with Gasteiger partial charge in [0.15, 0.2) is 5.96 Å². The second-order valence-corrected chi connectivity index (χ2v) is 4.68.